The minimum absolute atomic E-state index is 0.164. The first kappa shape index (κ1) is 33.7. The van der Waals surface area contributed by atoms with Crippen LogP contribution in [0.3, 0.4) is 0 Å². The lowest BCUT2D eigenvalue weighted by Crippen LogP contribution is -2.57. The molecule has 2 saturated heterocycles. The number of nitrogens with zero attached hydrogens (tertiary/aromatic N) is 3. The Morgan fingerprint density at radius 3 is 2.63 bits per heavy atom. The number of nitrogens with one attached hydrogen (secondary N) is 2. The standard InChI is InChI=1S/C34H38ClN5O7S2/c1-5-18-15-34(18,33(43)39-49(44,45)19-9-10-19)38-31(42)24-14-27(23-7-6-8-28(41)40(23)24)47-26-13-21(32-37-22(16-48-32)17(2)3)36-30-20(26)11-12-25(46-4)29(30)35/h5,11-13,16-19,23-24,27H,1,6-10,14-15H2,2-4H3,(H,38,42)(H,39,43)/t18-,23-,24+,27-,34-/m1/s1. The Morgan fingerprint density at radius 2 is 1.98 bits per heavy atom. The number of piperidine rings is 1. The first-order valence-electron chi connectivity index (χ1n) is 16.5. The van der Waals surface area contributed by atoms with E-state index in [4.69, 9.17) is 31.0 Å². The summed E-state index contributed by atoms with van der Waals surface area (Å²) < 4.78 is 39.6. The zero-order chi connectivity index (χ0) is 34.8. The van der Waals surface area contributed by atoms with Gasteiger partial charge in [0.1, 0.15) is 44.9 Å². The maximum absolute atomic E-state index is 14.0. The Morgan fingerprint density at radius 1 is 1.20 bits per heavy atom. The topological polar surface area (TPSA) is 157 Å². The smallest absolute Gasteiger partial charge is 0.259 e. The molecular weight excluding hydrogens is 690 g/mol. The third-order valence-corrected chi connectivity index (χ3v) is 13.1. The lowest BCUT2D eigenvalue weighted by Gasteiger charge is -2.35. The Balaban J connectivity index is 1.20. The zero-order valence-electron chi connectivity index (χ0n) is 27.4. The van der Waals surface area contributed by atoms with Crippen LogP contribution in [0.25, 0.3) is 21.6 Å². The number of rotatable bonds is 11. The number of sulfonamides is 1. The molecule has 49 heavy (non-hydrogen) atoms. The van der Waals surface area contributed by atoms with Crippen molar-refractivity contribution in [2.24, 2.45) is 5.92 Å². The fourth-order valence-electron chi connectivity index (χ4n) is 6.96. The van der Waals surface area contributed by atoms with Gasteiger partial charge in [-0.25, -0.2) is 18.4 Å². The van der Waals surface area contributed by atoms with Gasteiger partial charge in [-0.2, -0.15) is 0 Å². The molecule has 2 aliphatic heterocycles. The van der Waals surface area contributed by atoms with Gasteiger partial charge < -0.3 is 19.7 Å². The van der Waals surface area contributed by atoms with E-state index in [2.05, 4.69) is 30.5 Å². The summed E-state index contributed by atoms with van der Waals surface area (Å²) in [4.78, 5) is 52.0. The van der Waals surface area contributed by atoms with E-state index in [9.17, 15) is 22.8 Å². The molecule has 4 heterocycles. The summed E-state index contributed by atoms with van der Waals surface area (Å²) in [5.41, 5.74) is 0.518. The molecule has 0 spiro atoms. The highest BCUT2D eigenvalue weighted by Gasteiger charge is 2.62. The van der Waals surface area contributed by atoms with E-state index in [1.165, 1.54) is 24.5 Å². The molecule has 1 aromatic carbocycles. The molecule has 260 valence electrons. The normalized spacial score (nSPS) is 26.4. The van der Waals surface area contributed by atoms with Gasteiger partial charge in [0.2, 0.25) is 21.8 Å². The van der Waals surface area contributed by atoms with Crippen LogP contribution in [0.2, 0.25) is 5.02 Å². The SMILES string of the molecule is C=C[C@@H]1C[C@]1(NC(=O)[C@@H]1C[C@@H](Oc2cc(-c3nc(C(C)C)cs3)nc3c(Cl)c(OC)ccc23)[C@H]2CCCC(=O)N21)C(=O)NS(=O)(=O)C1CC1. The number of methoxy groups -OCH3 is 1. The number of halogens is 1. The van der Waals surface area contributed by atoms with Gasteiger partial charge in [0.15, 0.2) is 0 Å². The number of carbonyl (C=O) groups is 3. The number of carbonyl (C=O) groups excluding carboxylic acids is 3. The van der Waals surface area contributed by atoms with Crippen molar-refractivity contribution < 1.29 is 32.3 Å². The molecule has 12 nitrogen and oxygen atoms in total. The largest absolute Gasteiger partial charge is 0.495 e. The number of amides is 3. The summed E-state index contributed by atoms with van der Waals surface area (Å²) in [6.07, 6.45) is 3.87. The zero-order valence-corrected chi connectivity index (χ0v) is 29.8. The monoisotopic (exact) mass is 727 g/mol. The van der Waals surface area contributed by atoms with Crippen LogP contribution >= 0.6 is 22.9 Å². The maximum Gasteiger partial charge on any atom is 0.259 e. The van der Waals surface area contributed by atoms with Crippen molar-refractivity contribution in [1.29, 1.82) is 0 Å². The molecule has 7 rings (SSSR count). The Kier molecular flexibility index (Phi) is 8.63. The summed E-state index contributed by atoms with van der Waals surface area (Å²) in [6, 6.07) is 4.04. The van der Waals surface area contributed by atoms with Gasteiger partial charge in [0, 0.05) is 35.6 Å². The fourth-order valence-corrected chi connectivity index (χ4v) is 9.55. The van der Waals surface area contributed by atoms with Crippen molar-refractivity contribution in [2.75, 3.05) is 7.11 Å². The van der Waals surface area contributed by atoms with Crippen LogP contribution < -0.4 is 19.5 Å². The lowest BCUT2D eigenvalue weighted by molar-refractivity contribution is -0.143. The molecule has 5 atom stereocenters. The molecular formula is C34H38ClN5O7S2. The Labute approximate surface area is 293 Å². The van der Waals surface area contributed by atoms with E-state index in [0.717, 1.165) is 5.69 Å². The molecule has 4 aliphatic rings. The third kappa shape index (κ3) is 6.05. The van der Waals surface area contributed by atoms with Gasteiger partial charge in [-0.3, -0.25) is 19.1 Å². The van der Waals surface area contributed by atoms with E-state index in [-0.39, 0.29) is 31.1 Å². The van der Waals surface area contributed by atoms with Crippen molar-refractivity contribution in [1.82, 2.24) is 24.9 Å². The van der Waals surface area contributed by atoms with Gasteiger partial charge in [0.05, 0.1) is 29.6 Å². The molecule has 2 aromatic heterocycles. The van der Waals surface area contributed by atoms with E-state index in [1.54, 1.807) is 11.0 Å². The number of benzene rings is 1. The van der Waals surface area contributed by atoms with Gasteiger partial charge in [-0.1, -0.05) is 31.5 Å². The molecule has 0 radical (unpaired) electrons. The second-order valence-corrected chi connectivity index (χ2v) is 16.8. The molecule has 2 N–H and O–H groups in total. The molecule has 2 saturated carbocycles. The van der Waals surface area contributed by atoms with Crippen LogP contribution in [-0.2, 0) is 24.4 Å². The molecule has 0 unspecified atom stereocenters. The van der Waals surface area contributed by atoms with Gasteiger partial charge in [0.25, 0.3) is 5.91 Å². The lowest BCUT2D eigenvalue weighted by atomic mass is 10.0. The van der Waals surface area contributed by atoms with Crippen LogP contribution in [0, 0.1) is 5.92 Å². The number of hydrogen-bond donors (Lipinski definition) is 2. The first-order valence-corrected chi connectivity index (χ1v) is 19.3. The minimum atomic E-state index is -3.84. The number of ether oxygens (including phenoxy) is 2. The summed E-state index contributed by atoms with van der Waals surface area (Å²) in [5.74, 6) is -0.781. The van der Waals surface area contributed by atoms with Gasteiger partial charge >= 0.3 is 0 Å². The van der Waals surface area contributed by atoms with E-state index >= 15 is 0 Å². The number of hydrogen-bond acceptors (Lipinski definition) is 10. The second kappa shape index (κ2) is 12.5. The van der Waals surface area contributed by atoms with Crippen molar-refractivity contribution in [3.8, 4) is 22.2 Å². The van der Waals surface area contributed by atoms with Crippen LogP contribution in [0.15, 0.2) is 36.2 Å². The van der Waals surface area contributed by atoms with Crippen LogP contribution in [-0.4, -0.2) is 77.1 Å². The molecule has 3 amide bonds. The van der Waals surface area contributed by atoms with Crippen LogP contribution in [0.5, 0.6) is 11.5 Å². The van der Waals surface area contributed by atoms with Crippen LogP contribution in [0.4, 0.5) is 0 Å². The highest BCUT2D eigenvalue weighted by atomic mass is 35.5. The minimum Gasteiger partial charge on any atom is -0.495 e. The highest BCUT2D eigenvalue weighted by molar-refractivity contribution is 7.91. The number of thiazole rings is 1. The van der Waals surface area contributed by atoms with Gasteiger partial charge in [-0.15, -0.1) is 17.9 Å². The predicted octanol–water partition coefficient (Wildman–Crippen LogP) is 4.71. The maximum atomic E-state index is 14.0. The van der Waals surface area contributed by atoms with Crippen molar-refractivity contribution in [3.63, 3.8) is 0 Å². The van der Waals surface area contributed by atoms with Crippen molar-refractivity contribution in [2.45, 2.75) is 93.7 Å². The third-order valence-electron chi connectivity index (χ3n) is 9.98. The van der Waals surface area contributed by atoms with Gasteiger partial charge in [-0.05, 0) is 50.2 Å². The fraction of sp³-hybridized carbons (Fsp3) is 0.500. The first-order chi connectivity index (χ1) is 23.4. The molecule has 0 bridgehead atoms. The second-order valence-electron chi connectivity index (χ2n) is 13.6. The Hall–Kier alpha value is -3.75. The molecule has 15 heteroatoms. The van der Waals surface area contributed by atoms with E-state index < -0.39 is 56.7 Å². The summed E-state index contributed by atoms with van der Waals surface area (Å²) in [5, 5.41) is 5.88. The van der Waals surface area contributed by atoms with Crippen LogP contribution in [0.1, 0.15) is 70.4 Å². The average molecular weight is 728 g/mol. The number of fused-ring (bicyclic) bond motifs is 2. The summed E-state index contributed by atoms with van der Waals surface area (Å²) in [6.45, 7) is 7.91. The predicted molar refractivity (Wildman–Crippen MR) is 185 cm³/mol. The van der Waals surface area contributed by atoms with Crippen molar-refractivity contribution in [3.05, 3.63) is 47.0 Å². The molecule has 3 aromatic rings. The van der Waals surface area contributed by atoms with Crippen molar-refractivity contribution >= 4 is 61.6 Å². The van der Waals surface area contributed by atoms with E-state index in [0.29, 0.717) is 63.8 Å². The molecule has 2 aliphatic carbocycles. The number of pyridine rings is 1. The summed E-state index contributed by atoms with van der Waals surface area (Å²) >= 11 is 8.24. The quantitative estimate of drug-likeness (QED) is 0.267. The summed E-state index contributed by atoms with van der Waals surface area (Å²) in [7, 11) is -2.31. The molecule has 4 fully saturated rings. The Bertz CT molecular complexity index is 1980. The average Bonchev–Trinajstić information content (AvgIpc) is 3.96. The van der Waals surface area contributed by atoms with E-state index in [1.807, 2.05) is 17.5 Å². The number of aromatic nitrogens is 2. The highest BCUT2D eigenvalue weighted by Crippen LogP contribution is 2.46.